The number of thioether (sulfide) groups is 1. The average molecular weight is 245 g/mol. The van der Waals surface area contributed by atoms with E-state index in [2.05, 4.69) is 0 Å². The van der Waals surface area contributed by atoms with Gasteiger partial charge < -0.3 is 10.8 Å². The second kappa shape index (κ2) is 5.75. The molecule has 2 nitrogen and oxygen atoms in total. The second-order valence-corrected chi connectivity index (χ2v) is 4.84. The summed E-state index contributed by atoms with van der Waals surface area (Å²) in [6, 6.07) is 17.4. The molecule has 3 N–H and O–H groups in total. The predicted molar refractivity (Wildman–Crippen MR) is 73.0 cm³/mol. The van der Waals surface area contributed by atoms with Crippen molar-refractivity contribution < 1.29 is 5.11 Å². The molecule has 0 heterocycles. The Morgan fingerprint density at radius 3 is 2.35 bits per heavy atom. The zero-order valence-corrected chi connectivity index (χ0v) is 10.2. The molecule has 0 aliphatic carbocycles. The van der Waals surface area contributed by atoms with Crippen LogP contribution in [0.2, 0.25) is 0 Å². The van der Waals surface area contributed by atoms with Gasteiger partial charge in [0.25, 0.3) is 0 Å². The quantitative estimate of drug-likeness (QED) is 0.642. The van der Waals surface area contributed by atoms with E-state index in [-0.39, 0.29) is 0 Å². The van der Waals surface area contributed by atoms with Crippen molar-refractivity contribution in [3.63, 3.8) is 0 Å². The molecule has 0 unspecified atom stereocenters. The minimum atomic E-state index is -0.458. The number of nitrogens with two attached hydrogens (primary N) is 1. The smallest absolute Gasteiger partial charge is 0.0883 e. The fraction of sp³-hybridized carbons (Fsp3) is 0.143. The molecule has 0 spiro atoms. The number of benzene rings is 2. The Hall–Kier alpha value is -1.45. The van der Waals surface area contributed by atoms with E-state index in [0.29, 0.717) is 5.75 Å². The van der Waals surface area contributed by atoms with Crippen molar-refractivity contribution in [2.24, 2.45) is 0 Å². The molecule has 1 atom stereocenters. The lowest BCUT2D eigenvalue weighted by atomic mass is 10.1. The average Bonchev–Trinajstić information content (AvgIpc) is 2.38. The monoisotopic (exact) mass is 245 g/mol. The SMILES string of the molecule is Nc1ccccc1SC[C@@H](O)c1ccccc1. The van der Waals surface area contributed by atoms with Crippen LogP contribution in [0.25, 0.3) is 0 Å². The summed E-state index contributed by atoms with van der Waals surface area (Å²) in [6.45, 7) is 0. The van der Waals surface area contributed by atoms with Crippen molar-refractivity contribution in [1.29, 1.82) is 0 Å². The molecule has 2 rings (SSSR count). The number of hydrogen-bond acceptors (Lipinski definition) is 3. The Balaban J connectivity index is 1.97. The fourth-order valence-electron chi connectivity index (χ4n) is 1.55. The number of para-hydroxylation sites is 1. The van der Waals surface area contributed by atoms with Gasteiger partial charge in [-0.05, 0) is 17.7 Å². The Labute approximate surface area is 105 Å². The maximum Gasteiger partial charge on any atom is 0.0883 e. The summed E-state index contributed by atoms with van der Waals surface area (Å²) < 4.78 is 0. The Morgan fingerprint density at radius 1 is 1.00 bits per heavy atom. The molecule has 17 heavy (non-hydrogen) atoms. The van der Waals surface area contributed by atoms with Crippen LogP contribution in [0, 0.1) is 0 Å². The molecule has 2 aromatic carbocycles. The van der Waals surface area contributed by atoms with Crippen molar-refractivity contribution in [2.45, 2.75) is 11.0 Å². The van der Waals surface area contributed by atoms with Crippen LogP contribution < -0.4 is 5.73 Å². The highest BCUT2D eigenvalue weighted by molar-refractivity contribution is 7.99. The molecule has 3 heteroatoms. The van der Waals surface area contributed by atoms with Gasteiger partial charge in [0.1, 0.15) is 0 Å². The van der Waals surface area contributed by atoms with Gasteiger partial charge in [0.05, 0.1) is 6.10 Å². The highest BCUT2D eigenvalue weighted by Crippen LogP contribution is 2.28. The van der Waals surface area contributed by atoms with Crippen LogP contribution >= 0.6 is 11.8 Å². The molecule has 2 aromatic rings. The summed E-state index contributed by atoms with van der Waals surface area (Å²) in [5.74, 6) is 0.609. The zero-order chi connectivity index (χ0) is 12.1. The third-order valence-corrected chi connectivity index (χ3v) is 3.67. The van der Waals surface area contributed by atoms with Crippen LogP contribution in [0.5, 0.6) is 0 Å². The first kappa shape index (κ1) is 12.0. The maximum atomic E-state index is 10.0. The van der Waals surface area contributed by atoms with Crippen LogP contribution in [0.1, 0.15) is 11.7 Å². The Kier molecular flexibility index (Phi) is 4.07. The molecule has 0 aliphatic rings. The van der Waals surface area contributed by atoms with Crippen molar-refractivity contribution in [2.75, 3.05) is 11.5 Å². The van der Waals surface area contributed by atoms with Gasteiger partial charge in [-0.15, -0.1) is 11.8 Å². The van der Waals surface area contributed by atoms with Gasteiger partial charge in [0.2, 0.25) is 0 Å². The summed E-state index contributed by atoms with van der Waals surface area (Å²) in [5, 5.41) is 10.0. The van der Waals surface area contributed by atoms with Gasteiger partial charge >= 0.3 is 0 Å². The predicted octanol–water partition coefficient (Wildman–Crippen LogP) is 3.09. The van der Waals surface area contributed by atoms with Gasteiger partial charge in [-0.2, -0.15) is 0 Å². The molecule has 0 fully saturated rings. The van der Waals surface area contributed by atoms with Gasteiger partial charge in [0, 0.05) is 16.3 Å². The minimum Gasteiger partial charge on any atom is -0.398 e. The minimum absolute atomic E-state index is 0.458. The molecular formula is C14H15NOS. The van der Waals surface area contributed by atoms with E-state index in [0.717, 1.165) is 16.1 Å². The van der Waals surface area contributed by atoms with Crippen LogP contribution in [0.4, 0.5) is 5.69 Å². The highest BCUT2D eigenvalue weighted by atomic mass is 32.2. The molecule has 0 saturated carbocycles. The second-order valence-electron chi connectivity index (χ2n) is 3.78. The maximum absolute atomic E-state index is 10.0. The number of rotatable bonds is 4. The van der Waals surface area contributed by atoms with Crippen LogP contribution in [0.3, 0.4) is 0 Å². The van der Waals surface area contributed by atoms with Crippen LogP contribution in [0.15, 0.2) is 59.5 Å². The third-order valence-electron chi connectivity index (χ3n) is 2.50. The lowest BCUT2D eigenvalue weighted by molar-refractivity contribution is 0.204. The van der Waals surface area contributed by atoms with Crippen LogP contribution in [-0.4, -0.2) is 10.9 Å². The van der Waals surface area contributed by atoms with E-state index < -0.39 is 6.10 Å². The molecule has 0 radical (unpaired) electrons. The first-order valence-corrected chi connectivity index (χ1v) is 6.46. The first-order valence-electron chi connectivity index (χ1n) is 5.47. The van der Waals surface area contributed by atoms with E-state index in [1.165, 1.54) is 0 Å². The van der Waals surface area contributed by atoms with Gasteiger partial charge in [-0.3, -0.25) is 0 Å². The number of aliphatic hydroxyl groups is 1. The van der Waals surface area contributed by atoms with Gasteiger partial charge in [-0.1, -0.05) is 42.5 Å². The van der Waals surface area contributed by atoms with E-state index in [4.69, 9.17) is 5.73 Å². The normalized spacial score (nSPS) is 12.3. The Morgan fingerprint density at radius 2 is 1.65 bits per heavy atom. The highest BCUT2D eigenvalue weighted by Gasteiger charge is 2.08. The summed E-state index contributed by atoms with van der Waals surface area (Å²) >= 11 is 1.57. The molecule has 0 bridgehead atoms. The number of hydrogen-bond donors (Lipinski definition) is 2. The third kappa shape index (κ3) is 3.25. The number of nitrogen functional groups attached to an aromatic ring is 1. The number of aliphatic hydroxyl groups excluding tert-OH is 1. The molecule has 88 valence electrons. The van der Waals surface area contributed by atoms with Crippen LogP contribution in [-0.2, 0) is 0 Å². The molecule has 0 aliphatic heterocycles. The molecule has 0 amide bonds. The summed E-state index contributed by atoms with van der Waals surface area (Å²) in [7, 11) is 0. The molecular weight excluding hydrogens is 230 g/mol. The van der Waals surface area contributed by atoms with E-state index in [1.54, 1.807) is 11.8 Å². The lowest BCUT2D eigenvalue weighted by Crippen LogP contribution is -2.00. The summed E-state index contributed by atoms with van der Waals surface area (Å²) in [4.78, 5) is 1.02. The van der Waals surface area contributed by atoms with Crippen molar-refractivity contribution >= 4 is 17.4 Å². The first-order chi connectivity index (χ1) is 8.27. The van der Waals surface area contributed by atoms with E-state index >= 15 is 0 Å². The number of anilines is 1. The molecule has 0 saturated heterocycles. The Bertz CT molecular complexity index is 473. The fourth-order valence-corrected chi connectivity index (χ4v) is 2.49. The van der Waals surface area contributed by atoms with Gasteiger partial charge in [0.15, 0.2) is 0 Å². The summed E-state index contributed by atoms with van der Waals surface area (Å²) in [6.07, 6.45) is -0.458. The van der Waals surface area contributed by atoms with E-state index in [9.17, 15) is 5.11 Å². The summed E-state index contributed by atoms with van der Waals surface area (Å²) in [5.41, 5.74) is 7.54. The standard InChI is InChI=1S/C14H15NOS/c15-12-8-4-5-9-14(12)17-10-13(16)11-6-2-1-3-7-11/h1-9,13,16H,10,15H2/t13-/m1/s1. The molecule has 0 aromatic heterocycles. The van der Waals surface area contributed by atoms with Crippen molar-refractivity contribution in [3.05, 3.63) is 60.2 Å². The largest absolute Gasteiger partial charge is 0.398 e. The van der Waals surface area contributed by atoms with Gasteiger partial charge in [-0.25, -0.2) is 0 Å². The topological polar surface area (TPSA) is 46.2 Å². The van der Waals surface area contributed by atoms with E-state index in [1.807, 2.05) is 54.6 Å². The van der Waals surface area contributed by atoms with Crippen molar-refractivity contribution in [3.8, 4) is 0 Å². The lowest BCUT2D eigenvalue weighted by Gasteiger charge is -2.11. The van der Waals surface area contributed by atoms with Crippen molar-refractivity contribution in [1.82, 2.24) is 0 Å². The zero-order valence-electron chi connectivity index (χ0n) is 9.41.